The third-order valence-electron chi connectivity index (χ3n) is 11.2. The van der Waals surface area contributed by atoms with Crippen LogP contribution in [0.15, 0.2) is 60.7 Å². The Hall–Kier alpha value is -3.30. The molecule has 49 heavy (non-hydrogen) atoms. The van der Waals surface area contributed by atoms with Gasteiger partial charge in [-0.2, -0.15) is 0 Å². The Morgan fingerprint density at radius 3 is 2.18 bits per heavy atom. The van der Waals surface area contributed by atoms with Crippen molar-refractivity contribution in [3.8, 4) is 11.5 Å². The molecular weight excluding hydrogens is 659 g/mol. The molecule has 10 heteroatoms. The van der Waals surface area contributed by atoms with Crippen molar-refractivity contribution in [1.82, 2.24) is 15.1 Å². The summed E-state index contributed by atoms with van der Waals surface area (Å²) in [6.07, 6.45) is 2.46. The predicted molar refractivity (Wildman–Crippen MR) is 197 cm³/mol. The molecule has 2 aliphatic heterocycles. The summed E-state index contributed by atoms with van der Waals surface area (Å²) in [4.78, 5) is 33.7. The fourth-order valence-electron chi connectivity index (χ4n) is 8.77. The van der Waals surface area contributed by atoms with Crippen molar-refractivity contribution in [2.75, 3.05) is 53.5 Å². The summed E-state index contributed by atoms with van der Waals surface area (Å²) in [6, 6.07) is 19.0. The van der Waals surface area contributed by atoms with Gasteiger partial charge in [-0.05, 0) is 86.6 Å². The molecule has 0 saturated carbocycles. The highest BCUT2D eigenvalue weighted by molar-refractivity contribution is 6.42. The first-order valence-corrected chi connectivity index (χ1v) is 18.2. The number of rotatable bonds is 13. The number of methoxy groups -OCH3 is 2. The van der Waals surface area contributed by atoms with Gasteiger partial charge in [-0.25, -0.2) is 0 Å². The maximum atomic E-state index is 15.2. The fraction of sp³-hybridized carbons (Fsp3) is 0.487. The number of nitrogens with zero attached hydrogens (tertiary/aromatic N) is 2. The van der Waals surface area contributed by atoms with Crippen LogP contribution in [0.4, 0.5) is 0 Å². The molecular formula is C39H50Cl2N4O4. The van der Waals surface area contributed by atoms with Crippen LogP contribution >= 0.6 is 23.2 Å². The summed E-state index contributed by atoms with van der Waals surface area (Å²) >= 11 is 13.2. The van der Waals surface area contributed by atoms with E-state index in [0.29, 0.717) is 53.0 Å². The van der Waals surface area contributed by atoms with Crippen LogP contribution in [0.25, 0.3) is 0 Å². The van der Waals surface area contributed by atoms with Crippen molar-refractivity contribution >= 4 is 35.0 Å². The summed E-state index contributed by atoms with van der Waals surface area (Å²) in [5, 5.41) is 4.36. The average molecular weight is 710 g/mol. The molecule has 3 N–H and O–H groups in total. The van der Waals surface area contributed by atoms with Crippen LogP contribution in [0.1, 0.15) is 73.0 Å². The number of ether oxygens (including phenoxy) is 2. The number of benzene rings is 3. The number of nitrogens with two attached hydrogens (primary N) is 1. The van der Waals surface area contributed by atoms with Gasteiger partial charge in [-0.1, -0.05) is 80.4 Å². The number of likely N-dealkylation sites (N-methyl/N-ethyl adjacent to an activating group) is 1. The highest BCUT2D eigenvalue weighted by atomic mass is 35.5. The van der Waals surface area contributed by atoms with Gasteiger partial charge >= 0.3 is 0 Å². The maximum Gasteiger partial charge on any atom is 0.254 e. The minimum atomic E-state index is -1.13. The quantitative estimate of drug-likeness (QED) is 0.205. The number of piperidine rings is 1. The zero-order chi connectivity index (χ0) is 35.3. The third kappa shape index (κ3) is 6.65. The van der Waals surface area contributed by atoms with E-state index in [0.717, 1.165) is 55.7 Å². The number of halogens is 2. The lowest BCUT2D eigenvalue weighted by Crippen LogP contribution is -2.70. The van der Waals surface area contributed by atoms with E-state index in [1.54, 1.807) is 20.3 Å². The van der Waals surface area contributed by atoms with Crippen LogP contribution in [0.3, 0.4) is 0 Å². The molecule has 5 rings (SSSR count). The molecule has 3 aromatic rings. The minimum absolute atomic E-state index is 0.0146. The molecule has 2 amide bonds. The first-order valence-electron chi connectivity index (χ1n) is 17.4. The Kier molecular flexibility index (Phi) is 11.9. The average Bonchev–Trinajstić information content (AvgIpc) is 3.68. The second kappa shape index (κ2) is 15.7. The van der Waals surface area contributed by atoms with E-state index in [-0.39, 0.29) is 11.8 Å². The maximum absolute atomic E-state index is 15.2. The zero-order valence-corrected chi connectivity index (χ0v) is 30.9. The predicted octanol–water partition coefficient (Wildman–Crippen LogP) is 6.71. The van der Waals surface area contributed by atoms with Crippen molar-refractivity contribution in [3.63, 3.8) is 0 Å². The highest BCUT2D eigenvalue weighted by Crippen LogP contribution is 2.58. The molecule has 4 unspecified atom stereocenters. The highest BCUT2D eigenvalue weighted by Gasteiger charge is 2.64. The van der Waals surface area contributed by atoms with E-state index in [1.165, 1.54) is 0 Å². The third-order valence-corrected chi connectivity index (χ3v) is 12.0. The Bertz CT molecular complexity index is 1600. The van der Waals surface area contributed by atoms with E-state index < -0.39 is 22.8 Å². The van der Waals surface area contributed by atoms with E-state index in [4.69, 9.17) is 38.4 Å². The van der Waals surface area contributed by atoms with Crippen molar-refractivity contribution in [1.29, 1.82) is 0 Å². The minimum Gasteiger partial charge on any atom is -0.496 e. The van der Waals surface area contributed by atoms with Crippen molar-refractivity contribution in [2.24, 2.45) is 11.7 Å². The van der Waals surface area contributed by atoms with E-state index in [9.17, 15) is 4.79 Å². The second-order valence-electron chi connectivity index (χ2n) is 13.2. The monoisotopic (exact) mass is 708 g/mol. The van der Waals surface area contributed by atoms with Crippen LogP contribution in [0.5, 0.6) is 11.5 Å². The summed E-state index contributed by atoms with van der Waals surface area (Å²) in [5.41, 5.74) is 7.65. The van der Waals surface area contributed by atoms with Crippen LogP contribution in [-0.2, 0) is 16.6 Å². The normalized spacial score (nSPS) is 23.9. The van der Waals surface area contributed by atoms with Crippen molar-refractivity contribution in [2.45, 2.75) is 63.3 Å². The number of likely N-dealkylation sites (tertiary alicyclic amines) is 1. The lowest BCUT2D eigenvalue weighted by molar-refractivity contribution is -0.131. The Labute approximate surface area is 301 Å². The number of carbonyl (C=O) groups excluding carboxylic acids is 2. The van der Waals surface area contributed by atoms with Gasteiger partial charge in [0.2, 0.25) is 5.91 Å². The smallest absolute Gasteiger partial charge is 0.254 e. The van der Waals surface area contributed by atoms with E-state index >= 15 is 4.79 Å². The van der Waals surface area contributed by atoms with Gasteiger partial charge in [-0.15, -0.1) is 0 Å². The Morgan fingerprint density at radius 2 is 1.65 bits per heavy atom. The molecule has 4 atom stereocenters. The molecule has 2 heterocycles. The summed E-state index contributed by atoms with van der Waals surface area (Å²) in [7, 11) is 3.26. The molecule has 0 spiro atoms. The largest absolute Gasteiger partial charge is 0.496 e. The first kappa shape index (κ1) is 37.0. The van der Waals surface area contributed by atoms with E-state index in [1.807, 2.05) is 59.5 Å². The van der Waals surface area contributed by atoms with E-state index in [2.05, 4.69) is 31.0 Å². The number of nitrogens with one attached hydrogen (secondary N) is 1. The van der Waals surface area contributed by atoms with Gasteiger partial charge in [0.25, 0.3) is 5.91 Å². The van der Waals surface area contributed by atoms with Gasteiger partial charge in [0.1, 0.15) is 11.5 Å². The zero-order valence-electron chi connectivity index (χ0n) is 29.4. The number of hydrogen-bond donors (Lipinski definition) is 2. The molecule has 0 aromatic heterocycles. The Morgan fingerprint density at radius 1 is 0.980 bits per heavy atom. The number of hydrogen-bond acceptors (Lipinski definition) is 6. The van der Waals surface area contributed by atoms with Gasteiger partial charge in [0.15, 0.2) is 0 Å². The van der Waals surface area contributed by atoms with Gasteiger partial charge in [-0.3, -0.25) is 9.59 Å². The molecule has 264 valence electrons. The summed E-state index contributed by atoms with van der Waals surface area (Å²) < 4.78 is 11.8. The van der Waals surface area contributed by atoms with Gasteiger partial charge in [0.05, 0.1) is 35.2 Å². The van der Waals surface area contributed by atoms with Crippen LogP contribution in [-0.4, -0.2) is 80.6 Å². The molecule has 0 radical (unpaired) electrons. The molecule has 8 nitrogen and oxygen atoms in total. The van der Waals surface area contributed by atoms with Gasteiger partial charge in [0, 0.05) is 36.7 Å². The summed E-state index contributed by atoms with van der Waals surface area (Å²) in [5.74, 6) is 0.158. The SMILES string of the molecule is CCN(CC)CCc1c(OC)cc(C(=O)N2CCC(C(N)=O)(c3ccccc3)C(c3ccc(Cl)c(Cl)c3)C2(CC)C2CCNC2)cc1OC. The molecule has 0 bridgehead atoms. The molecule has 3 aromatic carbocycles. The molecule has 2 fully saturated rings. The Balaban J connectivity index is 1.73. The number of primary amides is 1. The van der Waals surface area contributed by atoms with Crippen molar-refractivity contribution < 1.29 is 19.1 Å². The van der Waals surface area contributed by atoms with Crippen LogP contribution in [0, 0.1) is 5.92 Å². The molecule has 2 saturated heterocycles. The fourth-order valence-corrected chi connectivity index (χ4v) is 9.08. The lowest BCUT2D eigenvalue weighted by atomic mass is 9.51. The van der Waals surface area contributed by atoms with Crippen molar-refractivity contribution in [3.05, 3.63) is 93.0 Å². The van der Waals surface area contributed by atoms with Gasteiger partial charge < -0.3 is 30.3 Å². The topological polar surface area (TPSA) is 97.1 Å². The lowest BCUT2D eigenvalue weighted by Gasteiger charge is -2.61. The summed E-state index contributed by atoms with van der Waals surface area (Å²) in [6.45, 7) is 11.0. The molecule has 2 aliphatic rings. The number of carbonyl (C=O) groups is 2. The molecule has 0 aliphatic carbocycles. The van der Waals surface area contributed by atoms with Crippen LogP contribution < -0.4 is 20.5 Å². The second-order valence-corrected chi connectivity index (χ2v) is 14.0. The first-order chi connectivity index (χ1) is 23.6. The van der Waals surface area contributed by atoms with Crippen LogP contribution in [0.2, 0.25) is 10.0 Å². The standard InChI is InChI=1S/C39H50Cl2N4O4/c1-6-39(29-16-19-43-25-29)35(26-14-15-31(40)32(41)22-26)38(37(42)47,28-12-10-9-11-13-28)18-21-45(39)36(46)27-23-33(48-4)30(34(24-27)49-5)17-20-44(7-2)8-3/h9-15,22-24,29,35,43H,6-8,16-21,25H2,1-5H3,(H2,42,47). The number of amides is 2.